The molecule has 5 heteroatoms. The minimum atomic E-state index is -0.683. The summed E-state index contributed by atoms with van der Waals surface area (Å²) in [5.74, 6) is -0.850. The Kier molecular flexibility index (Phi) is 4.50. The Hall–Kier alpha value is -0.870. The lowest BCUT2D eigenvalue weighted by Gasteiger charge is -2.08. The van der Waals surface area contributed by atoms with Gasteiger partial charge in [0, 0.05) is 10.0 Å². The number of alkyl halides is 1. The van der Waals surface area contributed by atoms with E-state index in [1.54, 1.807) is 19.1 Å². The van der Waals surface area contributed by atoms with E-state index in [1.807, 2.05) is 0 Å². The van der Waals surface area contributed by atoms with Gasteiger partial charge in [0.05, 0.1) is 18.1 Å². The van der Waals surface area contributed by atoms with Crippen LogP contribution in [0, 0.1) is 0 Å². The van der Waals surface area contributed by atoms with Crippen molar-refractivity contribution in [3.8, 4) is 0 Å². The van der Waals surface area contributed by atoms with Crippen LogP contribution in [0.1, 0.15) is 27.6 Å². The van der Waals surface area contributed by atoms with Crippen LogP contribution in [-0.4, -0.2) is 24.2 Å². The van der Waals surface area contributed by atoms with Crippen LogP contribution in [0.4, 0.5) is 0 Å². The maximum atomic E-state index is 11.8. The Bertz CT molecular complexity index is 429. The van der Waals surface area contributed by atoms with Gasteiger partial charge in [-0.05, 0) is 25.1 Å². The SMILES string of the molecule is COC(=O)c1ccc(Br)cc1C(=O)C(C)Cl. The van der Waals surface area contributed by atoms with Crippen LogP contribution < -0.4 is 0 Å². The number of carbonyl (C=O) groups excluding carboxylic acids is 2. The van der Waals surface area contributed by atoms with Crippen molar-refractivity contribution >= 4 is 39.3 Å². The molecule has 0 N–H and O–H groups in total. The molecular weight excluding hydrogens is 295 g/mol. The number of hydrogen-bond acceptors (Lipinski definition) is 3. The molecule has 1 unspecified atom stereocenters. The van der Waals surface area contributed by atoms with Crippen LogP contribution in [0.3, 0.4) is 0 Å². The highest BCUT2D eigenvalue weighted by Crippen LogP contribution is 2.20. The quantitative estimate of drug-likeness (QED) is 0.490. The van der Waals surface area contributed by atoms with Gasteiger partial charge in [0.15, 0.2) is 5.78 Å². The Morgan fingerprint density at radius 1 is 1.38 bits per heavy atom. The van der Waals surface area contributed by atoms with E-state index in [2.05, 4.69) is 20.7 Å². The summed E-state index contributed by atoms with van der Waals surface area (Å²) >= 11 is 8.96. The summed E-state index contributed by atoms with van der Waals surface area (Å²) in [6, 6.07) is 4.76. The molecule has 0 aliphatic heterocycles. The van der Waals surface area contributed by atoms with Gasteiger partial charge < -0.3 is 4.74 Å². The molecule has 0 amide bonds. The molecule has 0 bridgehead atoms. The average molecular weight is 306 g/mol. The Balaban J connectivity index is 3.29. The topological polar surface area (TPSA) is 43.4 Å². The van der Waals surface area contributed by atoms with Gasteiger partial charge in [-0.25, -0.2) is 4.79 Å². The fourth-order valence-corrected chi connectivity index (χ4v) is 1.70. The molecule has 0 heterocycles. The molecule has 0 fully saturated rings. The predicted molar refractivity (Wildman–Crippen MR) is 65.1 cm³/mol. The van der Waals surface area contributed by atoms with Crippen molar-refractivity contribution in [2.24, 2.45) is 0 Å². The highest BCUT2D eigenvalue weighted by Gasteiger charge is 2.20. The van der Waals surface area contributed by atoms with E-state index in [4.69, 9.17) is 11.6 Å². The maximum absolute atomic E-state index is 11.8. The van der Waals surface area contributed by atoms with E-state index in [0.717, 1.165) is 0 Å². The van der Waals surface area contributed by atoms with E-state index >= 15 is 0 Å². The Morgan fingerprint density at radius 3 is 2.50 bits per heavy atom. The molecule has 0 aliphatic rings. The number of rotatable bonds is 3. The fraction of sp³-hybridized carbons (Fsp3) is 0.273. The molecule has 0 radical (unpaired) electrons. The summed E-state index contributed by atoms with van der Waals surface area (Å²) in [6.07, 6.45) is 0. The summed E-state index contributed by atoms with van der Waals surface area (Å²) in [4.78, 5) is 23.2. The van der Waals surface area contributed by atoms with Crippen molar-refractivity contribution in [3.05, 3.63) is 33.8 Å². The summed E-state index contributed by atoms with van der Waals surface area (Å²) in [6.45, 7) is 1.56. The van der Waals surface area contributed by atoms with Crippen LogP contribution in [-0.2, 0) is 4.74 Å². The third-order valence-corrected chi connectivity index (χ3v) is 2.71. The van der Waals surface area contributed by atoms with E-state index < -0.39 is 11.3 Å². The van der Waals surface area contributed by atoms with Crippen LogP contribution in [0.2, 0.25) is 0 Å². The van der Waals surface area contributed by atoms with Gasteiger partial charge in [0.25, 0.3) is 0 Å². The van der Waals surface area contributed by atoms with Crippen molar-refractivity contribution in [2.75, 3.05) is 7.11 Å². The van der Waals surface area contributed by atoms with E-state index in [-0.39, 0.29) is 16.9 Å². The number of esters is 1. The van der Waals surface area contributed by atoms with Crippen molar-refractivity contribution in [2.45, 2.75) is 12.3 Å². The molecule has 1 rings (SSSR count). The Labute approximate surface area is 107 Å². The second-order valence-electron chi connectivity index (χ2n) is 3.16. The third-order valence-electron chi connectivity index (χ3n) is 2.01. The first-order valence-corrected chi connectivity index (χ1v) is 5.76. The summed E-state index contributed by atoms with van der Waals surface area (Å²) in [5.41, 5.74) is 0.493. The van der Waals surface area contributed by atoms with Gasteiger partial charge in [-0.1, -0.05) is 15.9 Å². The number of benzene rings is 1. The predicted octanol–water partition coefficient (Wildman–Crippen LogP) is 3.05. The number of carbonyl (C=O) groups is 2. The molecule has 0 spiro atoms. The van der Waals surface area contributed by atoms with E-state index in [1.165, 1.54) is 13.2 Å². The number of hydrogen-bond donors (Lipinski definition) is 0. The van der Waals surface area contributed by atoms with Crippen molar-refractivity contribution in [3.63, 3.8) is 0 Å². The van der Waals surface area contributed by atoms with Gasteiger partial charge in [0.1, 0.15) is 0 Å². The lowest BCUT2D eigenvalue weighted by atomic mass is 10.0. The summed E-state index contributed by atoms with van der Waals surface area (Å²) in [5, 5.41) is -0.683. The van der Waals surface area contributed by atoms with E-state index in [9.17, 15) is 9.59 Å². The molecule has 0 aliphatic carbocycles. The smallest absolute Gasteiger partial charge is 0.338 e. The second kappa shape index (κ2) is 5.46. The molecule has 1 aromatic rings. The zero-order valence-electron chi connectivity index (χ0n) is 8.79. The zero-order chi connectivity index (χ0) is 12.3. The third kappa shape index (κ3) is 2.83. The Morgan fingerprint density at radius 2 is 2.00 bits per heavy atom. The average Bonchev–Trinajstić information content (AvgIpc) is 2.26. The molecule has 86 valence electrons. The number of halogens is 2. The molecule has 0 aromatic heterocycles. The van der Waals surface area contributed by atoms with Crippen molar-refractivity contribution in [1.29, 1.82) is 0 Å². The number of Topliss-reactive ketones (excluding diaryl/α,β-unsaturated/α-hetero) is 1. The highest BCUT2D eigenvalue weighted by atomic mass is 79.9. The molecule has 1 atom stereocenters. The lowest BCUT2D eigenvalue weighted by molar-refractivity contribution is 0.0597. The fourth-order valence-electron chi connectivity index (χ4n) is 1.22. The first-order valence-electron chi connectivity index (χ1n) is 4.53. The lowest BCUT2D eigenvalue weighted by Crippen LogP contribution is -2.16. The van der Waals surface area contributed by atoms with Gasteiger partial charge in [0.2, 0.25) is 0 Å². The normalized spacial score (nSPS) is 12.0. The van der Waals surface area contributed by atoms with E-state index in [0.29, 0.717) is 4.47 Å². The minimum Gasteiger partial charge on any atom is -0.465 e. The second-order valence-corrected chi connectivity index (χ2v) is 4.73. The molecule has 16 heavy (non-hydrogen) atoms. The monoisotopic (exact) mass is 304 g/mol. The molecule has 1 aromatic carbocycles. The van der Waals surface area contributed by atoms with Crippen LogP contribution in [0.25, 0.3) is 0 Å². The van der Waals surface area contributed by atoms with Crippen LogP contribution >= 0.6 is 27.5 Å². The maximum Gasteiger partial charge on any atom is 0.338 e. The minimum absolute atomic E-state index is 0.225. The largest absolute Gasteiger partial charge is 0.465 e. The van der Waals surface area contributed by atoms with Gasteiger partial charge in [-0.2, -0.15) is 0 Å². The van der Waals surface area contributed by atoms with Gasteiger partial charge in [-0.15, -0.1) is 11.6 Å². The highest BCUT2D eigenvalue weighted by molar-refractivity contribution is 9.10. The molecule has 3 nitrogen and oxygen atoms in total. The first kappa shape index (κ1) is 13.2. The number of ketones is 1. The molecule has 0 saturated carbocycles. The van der Waals surface area contributed by atoms with Crippen LogP contribution in [0.5, 0.6) is 0 Å². The number of methoxy groups -OCH3 is 1. The standard InChI is InChI=1S/C11H10BrClO3/c1-6(13)10(14)9-5-7(12)3-4-8(9)11(15)16-2/h3-6H,1-2H3. The van der Waals surface area contributed by atoms with Gasteiger partial charge >= 0.3 is 5.97 Å². The number of ether oxygens (including phenoxy) is 1. The molecular formula is C11H10BrClO3. The van der Waals surface area contributed by atoms with Gasteiger partial charge in [-0.3, -0.25) is 4.79 Å². The zero-order valence-corrected chi connectivity index (χ0v) is 11.1. The summed E-state index contributed by atoms with van der Waals surface area (Å²) in [7, 11) is 1.27. The summed E-state index contributed by atoms with van der Waals surface area (Å²) < 4.78 is 5.31. The van der Waals surface area contributed by atoms with Crippen molar-refractivity contribution < 1.29 is 14.3 Å². The molecule has 0 saturated heterocycles. The van der Waals surface area contributed by atoms with Crippen LogP contribution in [0.15, 0.2) is 22.7 Å². The van der Waals surface area contributed by atoms with Crippen molar-refractivity contribution in [1.82, 2.24) is 0 Å². The first-order chi connectivity index (χ1) is 7.47.